The van der Waals surface area contributed by atoms with E-state index in [2.05, 4.69) is 10.2 Å². The largest absolute Gasteiger partial charge is 0.497 e. The fourth-order valence-electron chi connectivity index (χ4n) is 2.05. The van der Waals surface area contributed by atoms with Crippen molar-refractivity contribution in [1.29, 1.82) is 0 Å². The zero-order chi connectivity index (χ0) is 15.2. The maximum atomic E-state index is 11.6. The fraction of sp³-hybridized carbons (Fsp3) is 0.533. The van der Waals surface area contributed by atoms with E-state index < -0.39 is 5.54 Å². The normalized spacial score (nSPS) is 13.6. The number of nitrogens with zero attached hydrogens (tertiary/aromatic N) is 1. The van der Waals surface area contributed by atoms with Crippen LogP contribution in [0.4, 0.5) is 5.69 Å². The van der Waals surface area contributed by atoms with Gasteiger partial charge in [-0.2, -0.15) is 0 Å². The number of hydrogen-bond acceptors (Lipinski definition) is 4. The van der Waals surface area contributed by atoms with Crippen molar-refractivity contribution in [2.24, 2.45) is 5.73 Å². The lowest BCUT2D eigenvalue weighted by Crippen LogP contribution is -2.54. The minimum atomic E-state index is -0.671. The Morgan fingerprint density at radius 3 is 2.45 bits per heavy atom. The second-order valence-corrected chi connectivity index (χ2v) is 5.10. The molecule has 1 unspecified atom stereocenters. The van der Waals surface area contributed by atoms with Gasteiger partial charge in [0.1, 0.15) is 5.75 Å². The number of methoxy groups -OCH3 is 1. The average molecular weight is 279 g/mol. The Hall–Kier alpha value is -1.75. The maximum absolute atomic E-state index is 11.6. The first kappa shape index (κ1) is 16.3. The first-order valence-electron chi connectivity index (χ1n) is 6.83. The molecule has 1 atom stereocenters. The Morgan fingerprint density at radius 2 is 2.00 bits per heavy atom. The lowest BCUT2D eigenvalue weighted by molar-refractivity contribution is -0.123. The molecule has 0 saturated heterocycles. The summed E-state index contributed by atoms with van der Waals surface area (Å²) in [6.07, 6.45) is 0.651. The van der Waals surface area contributed by atoms with Gasteiger partial charge in [-0.1, -0.05) is 6.92 Å². The summed E-state index contributed by atoms with van der Waals surface area (Å²) in [7, 11) is 3.64. The number of carbonyl (C=O) groups is 1. The molecule has 0 fully saturated rings. The van der Waals surface area contributed by atoms with E-state index in [0.29, 0.717) is 13.0 Å². The molecule has 1 amide bonds. The summed E-state index contributed by atoms with van der Waals surface area (Å²) >= 11 is 0. The van der Waals surface area contributed by atoms with Crippen molar-refractivity contribution in [3.8, 4) is 5.75 Å². The highest BCUT2D eigenvalue weighted by Crippen LogP contribution is 2.19. The summed E-state index contributed by atoms with van der Waals surface area (Å²) in [5, 5.41) is 3.16. The number of amides is 1. The summed E-state index contributed by atoms with van der Waals surface area (Å²) < 4.78 is 5.14. The number of carbonyl (C=O) groups excluding carboxylic acids is 1. The van der Waals surface area contributed by atoms with Gasteiger partial charge in [-0.05, 0) is 44.2 Å². The predicted octanol–water partition coefficient (Wildman–Crippen LogP) is 1.38. The zero-order valence-corrected chi connectivity index (χ0v) is 12.8. The van der Waals surface area contributed by atoms with Crippen LogP contribution in [0.2, 0.25) is 0 Å². The molecule has 0 aliphatic carbocycles. The highest BCUT2D eigenvalue weighted by atomic mass is 16.5. The molecule has 0 spiro atoms. The number of primary amides is 1. The van der Waals surface area contributed by atoms with Crippen LogP contribution in [0, 0.1) is 0 Å². The maximum Gasteiger partial charge on any atom is 0.237 e. The van der Waals surface area contributed by atoms with Gasteiger partial charge >= 0.3 is 0 Å². The van der Waals surface area contributed by atoms with Crippen molar-refractivity contribution in [3.05, 3.63) is 24.3 Å². The molecule has 1 rings (SSSR count). The number of nitrogens with one attached hydrogen (secondary N) is 1. The zero-order valence-electron chi connectivity index (χ0n) is 12.8. The van der Waals surface area contributed by atoms with Gasteiger partial charge in [-0.3, -0.25) is 4.79 Å². The molecule has 0 heterocycles. The van der Waals surface area contributed by atoms with Crippen molar-refractivity contribution in [1.82, 2.24) is 5.32 Å². The highest BCUT2D eigenvalue weighted by Gasteiger charge is 2.29. The van der Waals surface area contributed by atoms with Gasteiger partial charge in [0.2, 0.25) is 5.91 Å². The Bertz CT molecular complexity index is 433. The second kappa shape index (κ2) is 7.14. The Morgan fingerprint density at radius 1 is 1.40 bits per heavy atom. The Balaban J connectivity index is 2.64. The third-order valence-electron chi connectivity index (χ3n) is 3.57. The molecule has 0 bridgehead atoms. The summed E-state index contributed by atoms with van der Waals surface area (Å²) in [5.41, 5.74) is 5.89. The smallest absolute Gasteiger partial charge is 0.237 e. The molecule has 1 aromatic rings. The van der Waals surface area contributed by atoms with Crippen LogP contribution in [0.1, 0.15) is 20.3 Å². The topological polar surface area (TPSA) is 67.6 Å². The molecule has 112 valence electrons. The first-order valence-corrected chi connectivity index (χ1v) is 6.83. The van der Waals surface area contributed by atoms with E-state index in [1.165, 1.54) is 0 Å². The van der Waals surface area contributed by atoms with E-state index in [9.17, 15) is 4.79 Å². The number of likely N-dealkylation sites (N-methyl/N-ethyl adjacent to an activating group) is 1. The number of hydrogen-bond donors (Lipinski definition) is 2. The van der Waals surface area contributed by atoms with E-state index in [1.807, 2.05) is 45.2 Å². The molecule has 5 heteroatoms. The average Bonchev–Trinajstić information content (AvgIpc) is 2.45. The van der Waals surface area contributed by atoms with Crippen LogP contribution in [0.3, 0.4) is 0 Å². The van der Waals surface area contributed by atoms with E-state index in [-0.39, 0.29) is 5.91 Å². The van der Waals surface area contributed by atoms with Crippen LogP contribution in [-0.2, 0) is 4.79 Å². The van der Waals surface area contributed by atoms with Gasteiger partial charge in [0, 0.05) is 19.3 Å². The molecular weight excluding hydrogens is 254 g/mol. The van der Waals surface area contributed by atoms with Crippen LogP contribution in [-0.4, -0.2) is 38.7 Å². The number of rotatable bonds is 8. The quantitative estimate of drug-likeness (QED) is 0.754. The summed E-state index contributed by atoms with van der Waals surface area (Å²) in [5.74, 6) is 0.513. The minimum Gasteiger partial charge on any atom is -0.497 e. The van der Waals surface area contributed by atoms with E-state index in [1.54, 1.807) is 7.11 Å². The molecule has 0 aromatic heterocycles. The van der Waals surface area contributed by atoms with Crippen molar-refractivity contribution < 1.29 is 9.53 Å². The monoisotopic (exact) mass is 279 g/mol. The molecule has 20 heavy (non-hydrogen) atoms. The molecule has 1 aromatic carbocycles. The standard InChI is InChI=1S/C15H25N3O2/c1-5-17-15(2,14(16)19)10-11-18(3)12-6-8-13(20-4)9-7-12/h6-9,17H,5,10-11H2,1-4H3,(H2,16,19). The SMILES string of the molecule is CCNC(C)(CCN(C)c1ccc(OC)cc1)C(N)=O. The summed E-state index contributed by atoms with van der Waals surface area (Å²) in [6, 6.07) is 7.83. The van der Waals surface area contributed by atoms with Gasteiger partial charge < -0.3 is 20.7 Å². The van der Waals surface area contributed by atoms with E-state index >= 15 is 0 Å². The summed E-state index contributed by atoms with van der Waals surface area (Å²) in [6.45, 7) is 5.26. The van der Waals surface area contributed by atoms with E-state index in [0.717, 1.165) is 18.0 Å². The van der Waals surface area contributed by atoms with Crippen molar-refractivity contribution >= 4 is 11.6 Å². The number of ether oxygens (including phenoxy) is 1. The van der Waals surface area contributed by atoms with Crippen molar-refractivity contribution in [2.45, 2.75) is 25.8 Å². The highest BCUT2D eigenvalue weighted by molar-refractivity contribution is 5.84. The third-order valence-corrected chi connectivity index (χ3v) is 3.57. The Kier molecular flexibility index (Phi) is 5.82. The van der Waals surface area contributed by atoms with Gasteiger partial charge in [0.15, 0.2) is 0 Å². The molecule has 0 saturated carbocycles. The van der Waals surface area contributed by atoms with Crippen LogP contribution in [0.25, 0.3) is 0 Å². The van der Waals surface area contributed by atoms with Crippen LogP contribution in [0.15, 0.2) is 24.3 Å². The summed E-state index contributed by atoms with van der Waals surface area (Å²) in [4.78, 5) is 13.7. The van der Waals surface area contributed by atoms with Crippen molar-refractivity contribution in [2.75, 3.05) is 32.1 Å². The third kappa shape index (κ3) is 4.13. The minimum absolute atomic E-state index is 0.317. The predicted molar refractivity (Wildman–Crippen MR) is 82.2 cm³/mol. The molecular formula is C15H25N3O2. The number of benzene rings is 1. The second-order valence-electron chi connectivity index (χ2n) is 5.10. The van der Waals surface area contributed by atoms with E-state index in [4.69, 9.17) is 10.5 Å². The molecule has 5 nitrogen and oxygen atoms in total. The van der Waals surface area contributed by atoms with Crippen LogP contribution >= 0.6 is 0 Å². The molecule has 0 radical (unpaired) electrons. The number of anilines is 1. The molecule has 0 aliphatic heterocycles. The lowest BCUT2D eigenvalue weighted by Gasteiger charge is -2.30. The van der Waals surface area contributed by atoms with Crippen LogP contribution < -0.4 is 20.7 Å². The van der Waals surface area contributed by atoms with Gasteiger partial charge in [-0.15, -0.1) is 0 Å². The van der Waals surface area contributed by atoms with Gasteiger partial charge in [-0.25, -0.2) is 0 Å². The van der Waals surface area contributed by atoms with Gasteiger partial charge in [0.05, 0.1) is 12.6 Å². The first-order chi connectivity index (χ1) is 9.42. The number of nitrogens with two attached hydrogens (primary N) is 1. The molecule has 0 aliphatic rings. The van der Waals surface area contributed by atoms with Crippen LogP contribution in [0.5, 0.6) is 5.75 Å². The lowest BCUT2D eigenvalue weighted by atomic mass is 9.96. The molecule has 3 N–H and O–H groups in total. The van der Waals surface area contributed by atoms with Crippen molar-refractivity contribution in [3.63, 3.8) is 0 Å². The fourth-order valence-corrected chi connectivity index (χ4v) is 2.05. The Labute approximate surface area is 121 Å². The van der Waals surface area contributed by atoms with Gasteiger partial charge in [0.25, 0.3) is 0 Å².